The maximum absolute atomic E-state index is 12.4. The zero-order valence-corrected chi connectivity index (χ0v) is 11.4. The molecule has 0 aliphatic heterocycles. The highest BCUT2D eigenvalue weighted by Gasteiger charge is 2.30. The summed E-state index contributed by atoms with van der Waals surface area (Å²) in [6.45, 7) is 1.27. The molecule has 0 spiro atoms. The molecule has 0 bridgehead atoms. The van der Waals surface area contributed by atoms with Gasteiger partial charge in [0.15, 0.2) is 0 Å². The van der Waals surface area contributed by atoms with E-state index in [4.69, 9.17) is 5.11 Å². The lowest BCUT2D eigenvalue weighted by Crippen LogP contribution is -2.33. The molecule has 0 aliphatic carbocycles. The van der Waals surface area contributed by atoms with E-state index in [0.29, 0.717) is 18.5 Å². The van der Waals surface area contributed by atoms with Crippen molar-refractivity contribution in [1.29, 1.82) is 0 Å². The van der Waals surface area contributed by atoms with Gasteiger partial charge in [-0.1, -0.05) is 37.0 Å². The number of alkyl halides is 3. The molecule has 2 nitrogen and oxygen atoms in total. The number of halogens is 3. The second-order valence-electron chi connectivity index (χ2n) is 4.35. The first kappa shape index (κ1) is 16.5. The molecule has 1 rings (SSSR count). The average molecular weight is 285 g/mol. The lowest BCUT2D eigenvalue weighted by molar-refractivity contribution is -0.146. The van der Waals surface area contributed by atoms with Crippen molar-refractivity contribution in [2.75, 3.05) is 19.7 Å². The molecule has 0 saturated carbocycles. The highest BCUT2D eigenvalue weighted by atomic mass is 19.4. The number of aliphatic hydroxyl groups is 1. The molecule has 1 aromatic rings. The van der Waals surface area contributed by atoms with Crippen LogP contribution in [-0.4, -0.2) is 35.9 Å². The third-order valence-electron chi connectivity index (χ3n) is 2.72. The topological polar surface area (TPSA) is 23.5 Å². The van der Waals surface area contributed by atoms with Crippen LogP contribution in [0.1, 0.15) is 24.5 Å². The molecule has 0 unspecified atom stereocenters. The first-order valence-electron chi connectivity index (χ1n) is 6.43. The number of hydrogen-bond donors (Lipinski definition) is 1. The summed E-state index contributed by atoms with van der Waals surface area (Å²) < 4.78 is 37.3. The average Bonchev–Trinajstić information content (AvgIpc) is 2.38. The Bertz CT molecular complexity index is 474. The van der Waals surface area contributed by atoms with Crippen molar-refractivity contribution in [1.82, 2.24) is 4.90 Å². The molecule has 20 heavy (non-hydrogen) atoms. The van der Waals surface area contributed by atoms with E-state index in [-0.39, 0.29) is 13.2 Å². The second-order valence-corrected chi connectivity index (χ2v) is 4.35. The van der Waals surface area contributed by atoms with E-state index in [9.17, 15) is 13.2 Å². The number of hydrogen-bond acceptors (Lipinski definition) is 2. The molecule has 5 heteroatoms. The Morgan fingerprint density at radius 2 is 1.95 bits per heavy atom. The zero-order chi connectivity index (χ0) is 15.0. The van der Waals surface area contributed by atoms with Crippen LogP contribution < -0.4 is 0 Å². The van der Waals surface area contributed by atoms with Gasteiger partial charge in [0.2, 0.25) is 0 Å². The molecule has 1 aromatic carbocycles. The number of nitrogens with zero attached hydrogens (tertiary/aromatic N) is 1. The third-order valence-corrected chi connectivity index (χ3v) is 2.72. The Morgan fingerprint density at radius 3 is 2.55 bits per heavy atom. The number of aliphatic hydroxyl groups excluding tert-OH is 1. The fourth-order valence-electron chi connectivity index (χ4n) is 1.77. The summed E-state index contributed by atoms with van der Waals surface area (Å²) in [6, 6.07) is 7.14. The lowest BCUT2D eigenvalue weighted by Gasteiger charge is -2.22. The van der Waals surface area contributed by atoms with E-state index in [1.807, 2.05) is 0 Å². The summed E-state index contributed by atoms with van der Waals surface area (Å²) in [5.41, 5.74) is 1.48. The van der Waals surface area contributed by atoms with E-state index in [0.717, 1.165) is 5.56 Å². The normalized spacial score (nSPS) is 11.3. The Hall–Kier alpha value is -1.51. The summed E-state index contributed by atoms with van der Waals surface area (Å²) >= 11 is 0. The van der Waals surface area contributed by atoms with E-state index < -0.39 is 12.7 Å². The minimum absolute atomic E-state index is 0.0235. The van der Waals surface area contributed by atoms with Crippen LogP contribution in [0.2, 0.25) is 0 Å². The van der Waals surface area contributed by atoms with Crippen LogP contribution in [0, 0.1) is 11.8 Å². The molecular weight excluding hydrogens is 267 g/mol. The highest BCUT2D eigenvalue weighted by molar-refractivity contribution is 5.41. The highest BCUT2D eigenvalue weighted by Crippen LogP contribution is 2.19. The maximum Gasteiger partial charge on any atom is 0.401 e. The van der Waals surface area contributed by atoms with Crippen LogP contribution in [0.15, 0.2) is 24.3 Å². The monoisotopic (exact) mass is 285 g/mol. The van der Waals surface area contributed by atoms with Gasteiger partial charge in [-0.3, -0.25) is 4.90 Å². The predicted octanol–water partition coefficient (Wildman–Crippen LogP) is 2.80. The standard InChI is InChI=1S/C15H18F3NO/c1-2-19(12-15(16,17)18)11-14-9-4-3-7-13(14)8-5-6-10-20/h3-4,7,9,20H,2,6,10-12H2,1H3. The largest absolute Gasteiger partial charge is 0.401 e. The molecule has 0 heterocycles. The van der Waals surface area contributed by atoms with Gasteiger partial charge in [-0.25, -0.2) is 0 Å². The molecule has 1 N–H and O–H groups in total. The van der Waals surface area contributed by atoms with Crippen molar-refractivity contribution in [3.63, 3.8) is 0 Å². The van der Waals surface area contributed by atoms with Gasteiger partial charge in [-0.05, 0) is 18.2 Å². The van der Waals surface area contributed by atoms with Crippen LogP contribution in [0.3, 0.4) is 0 Å². The fourth-order valence-corrected chi connectivity index (χ4v) is 1.77. The molecule has 0 aromatic heterocycles. The van der Waals surface area contributed by atoms with Crippen LogP contribution in [0.4, 0.5) is 13.2 Å². The number of rotatable bonds is 5. The lowest BCUT2D eigenvalue weighted by atomic mass is 10.1. The molecule has 110 valence electrons. The second kappa shape index (κ2) is 7.93. The van der Waals surface area contributed by atoms with Gasteiger partial charge in [0.1, 0.15) is 0 Å². The van der Waals surface area contributed by atoms with Gasteiger partial charge >= 0.3 is 6.18 Å². The Balaban J connectivity index is 2.83. The molecule has 0 amide bonds. The summed E-state index contributed by atoms with van der Waals surface area (Å²) in [6.07, 6.45) is -3.85. The molecule has 0 radical (unpaired) electrons. The molecule has 0 saturated heterocycles. The molecular formula is C15H18F3NO. The van der Waals surface area contributed by atoms with E-state index in [1.165, 1.54) is 4.90 Å². The van der Waals surface area contributed by atoms with Crippen LogP contribution >= 0.6 is 0 Å². The van der Waals surface area contributed by atoms with Gasteiger partial charge < -0.3 is 5.11 Å². The van der Waals surface area contributed by atoms with Gasteiger partial charge in [-0.2, -0.15) is 13.2 Å². The quantitative estimate of drug-likeness (QED) is 0.841. The minimum atomic E-state index is -4.20. The Kier molecular flexibility index (Phi) is 6.56. The van der Waals surface area contributed by atoms with Crippen LogP contribution in [0.25, 0.3) is 0 Å². The van der Waals surface area contributed by atoms with Gasteiger partial charge in [-0.15, -0.1) is 0 Å². The van der Waals surface area contributed by atoms with Gasteiger partial charge in [0, 0.05) is 18.5 Å². The van der Waals surface area contributed by atoms with E-state index >= 15 is 0 Å². The fraction of sp³-hybridized carbons (Fsp3) is 0.467. The van der Waals surface area contributed by atoms with Gasteiger partial charge in [0.05, 0.1) is 13.2 Å². The van der Waals surface area contributed by atoms with Crippen molar-refractivity contribution in [2.45, 2.75) is 26.1 Å². The molecule has 0 fully saturated rings. The van der Waals surface area contributed by atoms with E-state index in [2.05, 4.69) is 11.8 Å². The van der Waals surface area contributed by atoms with Crippen molar-refractivity contribution in [3.05, 3.63) is 35.4 Å². The molecule has 0 aliphatic rings. The third kappa shape index (κ3) is 6.09. The summed E-state index contributed by atoms with van der Waals surface area (Å²) in [4.78, 5) is 1.33. The first-order chi connectivity index (χ1) is 9.46. The smallest absolute Gasteiger partial charge is 0.395 e. The zero-order valence-electron chi connectivity index (χ0n) is 11.4. The van der Waals surface area contributed by atoms with E-state index in [1.54, 1.807) is 31.2 Å². The SMILES string of the molecule is CCN(Cc1ccccc1C#CCCO)CC(F)(F)F. The Morgan fingerprint density at radius 1 is 1.25 bits per heavy atom. The van der Waals surface area contributed by atoms with Crippen molar-refractivity contribution >= 4 is 0 Å². The van der Waals surface area contributed by atoms with Gasteiger partial charge in [0.25, 0.3) is 0 Å². The predicted molar refractivity (Wildman–Crippen MR) is 72.0 cm³/mol. The van der Waals surface area contributed by atoms with Crippen LogP contribution in [0.5, 0.6) is 0 Å². The molecule has 0 atom stereocenters. The van der Waals surface area contributed by atoms with Crippen molar-refractivity contribution < 1.29 is 18.3 Å². The van der Waals surface area contributed by atoms with Crippen molar-refractivity contribution in [2.24, 2.45) is 0 Å². The minimum Gasteiger partial charge on any atom is -0.395 e. The summed E-state index contributed by atoms with van der Waals surface area (Å²) in [5.74, 6) is 5.68. The first-order valence-corrected chi connectivity index (χ1v) is 6.43. The van der Waals surface area contributed by atoms with Crippen molar-refractivity contribution in [3.8, 4) is 11.8 Å². The summed E-state index contributed by atoms with van der Waals surface area (Å²) in [5, 5.41) is 8.69. The number of benzene rings is 1. The Labute approximate surface area is 117 Å². The van der Waals surface area contributed by atoms with Crippen LogP contribution in [-0.2, 0) is 6.54 Å². The summed E-state index contributed by atoms with van der Waals surface area (Å²) in [7, 11) is 0. The maximum atomic E-state index is 12.4.